The van der Waals surface area contributed by atoms with E-state index in [1.165, 1.54) is 0 Å². The molecule has 0 aromatic carbocycles. The number of hydrogen-bond donors (Lipinski definition) is 2. The van der Waals surface area contributed by atoms with Crippen LogP contribution in [0.5, 0.6) is 0 Å². The zero-order valence-corrected chi connectivity index (χ0v) is 10.1. The molecule has 0 bridgehead atoms. The fraction of sp³-hybridized carbons (Fsp3) is 0.444. The molecule has 15 heavy (non-hydrogen) atoms. The van der Waals surface area contributed by atoms with Crippen molar-refractivity contribution in [1.29, 1.82) is 0 Å². The first-order valence-corrected chi connectivity index (χ1v) is 4.98. The van der Waals surface area contributed by atoms with Crippen LogP contribution in [0, 0.1) is 13.8 Å². The van der Waals surface area contributed by atoms with Crippen molar-refractivity contribution in [1.82, 2.24) is 20.5 Å². The molecule has 1 heterocycles. The van der Waals surface area contributed by atoms with Gasteiger partial charge in [0.15, 0.2) is 5.11 Å². The Morgan fingerprint density at radius 3 is 2.67 bits per heavy atom. The number of nitrogens with zero attached hydrogens (tertiary/aromatic N) is 3. The highest BCUT2D eigenvalue weighted by Gasteiger charge is 2.05. The Labute approximate surface area is 94.6 Å². The fourth-order valence-corrected chi connectivity index (χ4v) is 1.24. The molecule has 0 saturated carbocycles. The number of aryl methyl sites for hydroxylation is 2. The maximum absolute atomic E-state index is 4.88. The van der Waals surface area contributed by atoms with Gasteiger partial charge in [-0.3, -0.25) is 10.1 Å². The molecular weight excluding hydrogens is 210 g/mol. The SMILES string of the molecule is CNC(=S)N/N=C\c1c(C)nn(C)c1C. The molecule has 0 aliphatic carbocycles. The van der Waals surface area contributed by atoms with Gasteiger partial charge in [-0.25, -0.2) is 0 Å². The van der Waals surface area contributed by atoms with Crippen LogP contribution in [0.4, 0.5) is 0 Å². The van der Waals surface area contributed by atoms with E-state index < -0.39 is 0 Å². The molecule has 0 spiro atoms. The largest absolute Gasteiger partial charge is 0.364 e. The number of aromatic nitrogens is 2. The zero-order valence-electron chi connectivity index (χ0n) is 9.33. The molecule has 0 aliphatic heterocycles. The molecule has 0 amide bonds. The molecule has 2 N–H and O–H groups in total. The maximum atomic E-state index is 4.88. The van der Waals surface area contributed by atoms with Gasteiger partial charge in [0.2, 0.25) is 0 Å². The summed E-state index contributed by atoms with van der Waals surface area (Å²) in [5, 5.41) is 11.6. The molecule has 0 radical (unpaired) electrons. The summed E-state index contributed by atoms with van der Waals surface area (Å²) in [6, 6.07) is 0. The molecule has 0 saturated heterocycles. The third kappa shape index (κ3) is 2.76. The Balaban J connectivity index is 2.76. The average Bonchev–Trinajstić information content (AvgIpc) is 2.44. The highest BCUT2D eigenvalue weighted by molar-refractivity contribution is 7.80. The van der Waals surface area contributed by atoms with Crippen LogP contribution in [0.1, 0.15) is 17.0 Å². The van der Waals surface area contributed by atoms with Gasteiger partial charge in [0.25, 0.3) is 0 Å². The van der Waals surface area contributed by atoms with Gasteiger partial charge >= 0.3 is 0 Å². The van der Waals surface area contributed by atoms with E-state index in [4.69, 9.17) is 12.2 Å². The standard InChI is InChI=1S/C9H15N5S/c1-6-8(7(2)14(4)13-6)5-11-12-9(15)10-3/h5H,1-4H3,(H2,10,12,15)/b11-5-. The van der Waals surface area contributed by atoms with Crippen molar-refractivity contribution in [2.45, 2.75) is 13.8 Å². The predicted octanol–water partition coefficient (Wildman–Crippen LogP) is 0.465. The first kappa shape index (κ1) is 11.6. The minimum atomic E-state index is 0.491. The number of thiocarbonyl (C=S) groups is 1. The topological polar surface area (TPSA) is 54.2 Å². The van der Waals surface area contributed by atoms with Gasteiger partial charge in [0, 0.05) is 25.4 Å². The second kappa shape index (κ2) is 4.88. The van der Waals surface area contributed by atoms with Crippen LogP contribution in [-0.4, -0.2) is 28.2 Å². The van der Waals surface area contributed by atoms with E-state index in [0.29, 0.717) is 5.11 Å². The van der Waals surface area contributed by atoms with E-state index in [1.54, 1.807) is 13.3 Å². The van der Waals surface area contributed by atoms with Gasteiger partial charge in [-0.1, -0.05) is 0 Å². The predicted molar refractivity (Wildman–Crippen MR) is 65.1 cm³/mol. The third-order valence-electron chi connectivity index (χ3n) is 2.15. The Morgan fingerprint density at radius 1 is 1.53 bits per heavy atom. The van der Waals surface area contributed by atoms with Gasteiger partial charge in [-0.15, -0.1) is 0 Å². The molecule has 0 aliphatic rings. The first-order valence-electron chi connectivity index (χ1n) is 4.57. The van der Waals surface area contributed by atoms with Crippen LogP contribution in [0.25, 0.3) is 0 Å². The maximum Gasteiger partial charge on any atom is 0.186 e. The molecule has 6 heteroatoms. The molecule has 1 aromatic rings. The number of hydrogen-bond acceptors (Lipinski definition) is 3. The van der Waals surface area contributed by atoms with E-state index in [-0.39, 0.29) is 0 Å². The minimum absolute atomic E-state index is 0.491. The highest BCUT2D eigenvalue weighted by atomic mass is 32.1. The van der Waals surface area contributed by atoms with Gasteiger partial charge in [-0.2, -0.15) is 10.2 Å². The summed E-state index contributed by atoms with van der Waals surface area (Å²) in [6.07, 6.45) is 1.72. The number of nitrogens with one attached hydrogen (secondary N) is 2. The van der Waals surface area contributed by atoms with E-state index in [0.717, 1.165) is 17.0 Å². The van der Waals surface area contributed by atoms with Crippen LogP contribution >= 0.6 is 12.2 Å². The van der Waals surface area contributed by atoms with Gasteiger partial charge < -0.3 is 5.32 Å². The molecule has 82 valence electrons. The Hall–Kier alpha value is -1.43. The molecular formula is C9H15N5S. The lowest BCUT2D eigenvalue weighted by Crippen LogP contribution is -2.28. The van der Waals surface area contributed by atoms with Crippen LogP contribution in [0.3, 0.4) is 0 Å². The second-order valence-corrected chi connectivity index (χ2v) is 3.57. The summed E-state index contributed by atoms with van der Waals surface area (Å²) >= 11 is 4.88. The molecule has 1 aromatic heterocycles. The lowest BCUT2D eigenvalue weighted by molar-refractivity contribution is 0.731. The first-order chi connectivity index (χ1) is 7.06. The van der Waals surface area contributed by atoms with Crippen molar-refractivity contribution in [2.24, 2.45) is 12.1 Å². The Bertz CT molecular complexity index is 393. The van der Waals surface area contributed by atoms with Crippen molar-refractivity contribution in [3.8, 4) is 0 Å². The van der Waals surface area contributed by atoms with Crippen molar-refractivity contribution >= 4 is 23.5 Å². The fourth-order valence-electron chi connectivity index (χ4n) is 1.19. The summed E-state index contributed by atoms with van der Waals surface area (Å²) in [5.74, 6) is 0. The highest BCUT2D eigenvalue weighted by Crippen LogP contribution is 2.08. The number of rotatable bonds is 2. The van der Waals surface area contributed by atoms with E-state index in [9.17, 15) is 0 Å². The lowest BCUT2D eigenvalue weighted by atomic mass is 10.2. The monoisotopic (exact) mass is 225 g/mol. The van der Waals surface area contributed by atoms with Crippen LogP contribution in [0.2, 0.25) is 0 Å². The molecule has 0 fully saturated rings. The lowest BCUT2D eigenvalue weighted by Gasteiger charge is -1.99. The van der Waals surface area contributed by atoms with E-state index in [1.807, 2.05) is 25.6 Å². The summed E-state index contributed by atoms with van der Waals surface area (Å²) in [4.78, 5) is 0. The van der Waals surface area contributed by atoms with Crippen molar-refractivity contribution in [3.05, 3.63) is 17.0 Å². The van der Waals surface area contributed by atoms with Crippen LogP contribution in [-0.2, 0) is 7.05 Å². The van der Waals surface area contributed by atoms with Crippen molar-refractivity contribution in [3.63, 3.8) is 0 Å². The molecule has 5 nitrogen and oxygen atoms in total. The van der Waals surface area contributed by atoms with Gasteiger partial charge in [0.05, 0.1) is 11.9 Å². The summed E-state index contributed by atoms with van der Waals surface area (Å²) in [5.41, 5.74) is 5.75. The van der Waals surface area contributed by atoms with Crippen LogP contribution < -0.4 is 10.7 Å². The molecule has 0 atom stereocenters. The zero-order chi connectivity index (χ0) is 11.4. The van der Waals surface area contributed by atoms with Crippen LogP contribution in [0.15, 0.2) is 5.10 Å². The van der Waals surface area contributed by atoms with Crippen molar-refractivity contribution < 1.29 is 0 Å². The van der Waals surface area contributed by atoms with E-state index in [2.05, 4.69) is 20.9 Å². The quantitative estimate of drug-likeness (QED) is 0.436. The Morgan fingerprint density at radius 2 is 2.20 bits per heavy atom. The normalized spacial score (nSPS) is 10.7. The smallest absolute Gasteiger partial charge is 0.186 e. The van der Waals surface area contributed by atoms with Gasteiger partial charge in [0.1, 0.15) is 0 Å². The second-order valence-electron chi connectivity index (χ2n) is 3.16. The third-order valence-corrected chi connectivity index (χ3v) is 2.45. The van der Waals surface area contributed by atoms with Gasteiger partial charge in [-0.05, 0) is 26.1 Å². The minimum Gasteiger partial charge on any atom is -0.364 e. The summed E-state index contributed by atoms with van der Waals surface area (Å²) in [7, 11) is 3.65. The van der Waals surface area contributed by atoms with E-state index >= 15 is 0 Å². The average molecular weight is 225 g/mol. The van der Waals surface area contributed by atoms with Crippen molar-refractivity contribution in [2.75, 3.05) is 7.05 Å². The Kier molecular flexibility index (Phi) is 3.79. The molecule has 1 rings (SSSR count). The molecule has 0 unspecified atom stereocenters. The number of hydrazone groups is 1. The summed E-state index contributed by atoms with van der Waals surface area (Å²) in [6.45, 7) is 3.95. The summed E-state index contributed by atoms with van der Waals surface area (Å²) < 4.78 is 1.83.